The summed E-state index contributed by atoms with van der Waals surface area (Å²) in [6.45, 7) is 3.80. The Balaban J connectivity index is 2.23. The van der Waals surface area contributed by atoms with Crippen molar-refractivity contribution in [3.05, 3.63) is 71.8 Å². The quantitative estimate of drug-likeness (QED) is 0.677. The van der Waals surface area contributed by atoms with Crippen molar-refractivity contribution >= 4 is 16.7 Å². The van der Waals surface area contributed by atoms with Gasteiger partial charge in [0.1, 0.15) is 11.5 Å². The van der Waals surface area contributed by atoms with E-state index in [1.54, 1.807) is 30.3 Å². The number of carbonyl (C=O) groups excluding carboxylic acids is 1. The predicted octanol–water partition coefficient (Wildman–Crippen LogP) is 3.91. The maximum absolute atomic E-state index is 13.0. The van der Waals surface area contributed by atoms with Gasteiger partial charge in [0.2, 0.25) is 5.91 Å². The number of amides is 1. The topological polar surface area (TPSA) is 69.6 Å². The molecular formula is C21H21NO3. The minimum absolute atomic E-state index is 0.0239. The van der Waals surface area contributed by atoms with Crippen LogP contribution in [0.5, 0.6) is 11.5 Å². The fourth-order valence-corrected chi connectivity index (χ4v) is 3.07. The van der Waals surface area contributed by atoms with Gasteiger partial charge >= 0.3 is 0 Å². The number of nitrogens with one attached hydrogen (secondary N) is 1. The maximum atomic E-state index is 13.0. The Kier molecular flexibility index (Phi) is 4.61. The first-order valence-electron chi connectivity index (χ1n) is 8.27. The van der Waals surface area contributed by atoms with Crippen LogP contribution in [0.3, 0.4) is 0 Å². The van der Waals surface area contributed by atoms with E-state index in [2.05, 4.69) is 5.32 Å². The molecule has 3 rings (SSSR count). The molecule has 0 aliphatic heterocycles. The monoisotopic (exact) mass is 335 g/mol. The largest absolute Gasteiger partial charge is 0.508 e. The molecule has 0 fully saturated rings. The van der Waals surface area contributed by atoms with E-state index >= 15 is 0 Å². The number of fused-ring (bicyclic) bond motifs is 1. The molecule has 0 saturated heterocycles. The van der Waals surface area contributed by atoms with Gasteiger partial charge in [-0.3, -0.25) is 4.79 Å². The number of carbonyl (C=O) groups is 1. The molecule has 0 radical (unpaired) electrons. The molecule has 0 bridgehead atoms. The molecule has 3 N–H and O–H groups in total. The van der Waals surface area contributed by atoms with E-state index in [4.69, 9.17) is 0 Å². The van der Waals surface area contributed by atoms with Gasteiger partial charge in [-0.15, -0.1) is 0 Å². The van der Waals surface area contributed by atoms with Crippen LogP contribution in [0.1, 0.15) is 30.9 Å². The molecule has 1 amide bonds. The number of aromatic hydroxyl groups is 2. The second-order valence-electron chi connectivity index (χ2n) is 6.41. The van der Waals surface area contributed by atoms with E-state index in [0.717, 1.165) is 10.8 Å². The highest BCUT2D eigenvalue weighted by atomic mass is 16.3. The Bertz CT molecular complexity index is 901. The van der Waals surface area contributed by atoms with Gasteiger partial charge in [0.25, 0.3) is 0 Å². The molecule has 3 aromatic rings. The smallest absolute Gasteiger partial charge is 0.232 e. The fourth-order valence-electron chi connectivity index (χ4n) is 3.07. The standard InChI is InChI=1S/C21H21NO3/c1-13(2)22-21(25)19(15-7-10-16(23)11-8-15)20-17-6-4-3-5-14(17)9-12-18(20)24/h3-13,19,23-24H,1-2H3,(H,22,25). The number of rotatable bonds is 4. The van der Waals surface area contributed by atoms with Crippen molar-refractivity contribution in [1.29, 1.82) is 0 Å². The van der Waals surface area contributed by atoms with Gasteiger partial charge in [-0.25, -0.2) is 0 Å². The van der Waals surface area contributed by atoms with Gasteiger partial charge < -0.3 is 15.5 Å². The normalized spacial score (nSPS) is 12.3. The minimum Gasteiger partial charge on any atom is -0.508 e. The molecule has 3 aromatic carbocycles. The molecule has 0 heterocycles. The average Bonchev–Trinajstić information content (AvgIpc) is 2.58. The van der Waals surface area contributed by atoms with Gasteiger partial charge in [-0.2, -0.15) is 0 Å². The lowest BCUT2D eigenvalue weighted by molar-refractivity contribution is -0.122. The SMILES string of the molecule is CC(C)NC(=O)C(c1ccc(O)cc1)c1c(O)ccc2ccccc12. The zero-order valence-corrected chi connectivity index (χ0v) is 14.2. The third-order valence-electron chi connectivity index (χ3n) is 4.16. The molecular weight excluding hydrogens is 314 g/mol. The van der Waals surface area contributed by atoms with Gasteiger partial charge in [-0.1, -0.05) is 42.5 Å². The van der Waals surface area contributed by atoms with Gasteiger partial charge in [0.05, 0.1) is 5.92 Å². The van der Waals surface area contributed by atoms with Crippen molar-refractivity contribution in [3.8, 4) is 11.5 Å². The number of hydrogen-bond acceptors (Lipinski definition) is 3. The fraction of sp³-hybridized carbons (Fsp3) is 0.190. The summed E-state index contributed by atoms with van der Waals surface area (Å²) in [5.74, 6) is -0.647. The third-order valence-corrected chi connectivity index (χ3v) is 4.16. The summed E-state index contributed by atoms with van der Waals surface area (Å²) in [4.78, 5) is 13.0. The highest BCUT2D eigenvalue weighted by molar-refractivity contribution is 5.96. The summed E-state index contributed by atoms with van der Waals surface area (Å²) >= 11 is 0. The first-order chi connectivity index (χ1) is 12.0. The third kappa shape index (κ3) is 3.43. The summed E-state index contributed by atoms with van der Waals surface area (Å²) in [6.07, 6.45) is 0. The van der Waals surface area contributed by atoms with Gasteiger partial charge in [0, 0.05) is 11.6 Å². The van der Waals surface area contributed by atoms with Crippen LogP contribution in [0.25, 0.3) is 10.8 Å². The Morgan fingerprint density at radius 2 is 1.60 bits per heavy atom. The molecule has 0 aliphatic rings. The summed E-state index contributed by atoms with van der Waals surface area (Å²) in [7, 11) is 0. The van der Waals surface area contributed by atoms with Crippen LogP contribution in [0, 0.1) is 0 Å². The number of hydrogen-bond donors (Lipinski definition) is 3. The molecule has 128 valence electrons. The molecule has 4 heteroatoms. The van der Waals surface area contributed by atoms with Crippen LogP contribution in [-0.2, 0) is 4.79 Å². The summed E-state index contributed by atoms with van der Waals surface area (Å²) in [5.41, 5.74) is 1.28. The summed E-state index contributed by atoms with van der Waals surface area (Å²) in [5, 5.41) is 24.8. The van der Waals surface area contributed by atoms with Gasteiger partial charge in [-0.05, 0) is 48.4 Å². The average molecular weight is 335 g/mol. The summed E-state index contributed by atoms with van der Waals surface area (Å²) < 4.78 is 0. The lowest BCUT2D eigenvalue weighted by atomic mass is 9.86. The first-order valence-corrected chi connectivity index (χ1v) is 8.27. The Morgan fingerprint density at radius 3 is 2.28 bits per heavy atom. The molecule has 25 heavy (non-hydrogen) atoms. The van der Waals surface area contributed by atoms with Crippen LogP contribution in [0.2, 0.25) is 0 Å². The van der Waals surface area contributed by atoms with E-state index in [9.17, 15) is 15.0 Å². The van der Waals surface area contributed by atoms with Crippen LogP contribution < -0.4 is 5.32 Å². The van der Waals surface area contributed by atoms with E-state index in [0.29, 0.717) is 11.1 Å². The van der Waals surface area contributed by atoms with Crippen molar-refractivity contribution in [3.63, 3.8) is 0 Å². The lowest BCUT2D eigenvalue weighted by Gasteiger charge is -2.22. The first kappa shape index (κ1) is 16.8. The van der Waals surface area contributed by atoms with Crippen LogP contribution in [-0.4, -0.2) is 22.2 Å². The van der Waals surface area contributed by atoms with E-state index < -0.39 is 5.92 Å². The predicted molar refractivity (Wildman–Crippen MR) is 98.8 cm³/mol. The number of benzene rings is 3. The second kappa shape index (κ2) is 6.85. The van der Waals surface area contributed by atoms with Crippen LogP contribution in [0.4, 0.5) is 0 Å². The zero-order chi connectivity index (χ0) is 18.0. The molecule has 0 aliphatic carbocycles. The van der Waals surface area contributed by atoms with E-state index in [1.165, 1.54) is 0 Å². The van der Waals surface area contributed by atoms with E-state index in [1.807, 2.05) is 44.2 Å². The Hall–Kier alpha value is -3.01. The molecule has 1 atom stereocenters. The van der Waals surface area contributed by atoms with Crippen molar-refractivity contribution < 1.29 is 15.0 Å². The summed E-state index contributed by atoms with van der Waals surface area (Å²) in [6, 6.07) is 17.6. The van der Waals surface area contributed by atoms with Gasteiger partial charge in [0.15, 0.2) is 0 Å². The number of phenolic OH excluding ortho intramolecular Hbond substituents is 2. The minimum atomic E-state index is -0.672. The molecule has 4 nitrogen and oxygen atoms in total. The van der Waals surface area contributed by atoms with Crippen molar-refractivity contribution in [1.82, 2.24) is 5.32 Å². The molecule has 0 spiro atoms. The lowest BCUT2D eigenvalue weighted by Crippen LogP contribution is -2.35. The van der Waals surface area contributed by atoms with Crippen molar-refractivity contribution in [2.75, 3.05) is 0 Å². The van der Waals surface area contributed by atoms with E-state index in [-0.39, 0.29) is 23.4 Å². The maximum Gasteiger partial charge on any atom is 0.232 e. The highest BCUT2D eigenvalue weighted by Gasteiger charge is 2.27. The highest BCUT2D eigenvalue weighted by Crippen LogP contribution is 2.37. The Labute approximate surface area is 146 Å². The van der Waals surface area contributed by atoms with Crippen LogP contribution in [0.15, 0.2) is 60.7 Å². The van der Waals surface area contributed by atoms with Crippen molar-refractivity contribution in [2.45, 2.75) is 25.8 Å². The Morgan fingerprint density at radius 1 is 0.920 bits per heavy atom. The molecule has 0 saturated carbocycles. The number of phenols is 2. The van der Waals surface area contributed by atoms with Crippen molar-refractivity contribution in [2.24, 2.45) is 0 Å². The zero-order valence-electron chi connectivity index (χ0n) is 14.2. The molecule has 0 aromatic heterocycles. The second-order valence-corrected chi connectivity index (χ2v) is 6.41. The van der Waals surface area contributed by atoms with Crippen LogP contribution >= 0.6 is 0 Å². The molecule has 1 unspecified atom stereocenters.